The van der Waals surface area contributed by atoms with Crippen molar-refractivity contribution in [1.82, 2.24) is 15.5 Å². The number of rotatable bonds is 6. The van der Waals surface area contributed by atoms with Gasteiger partial charge in [-0.2, -0.15) is 0 Å². The van der Waals surface area contributed by atoms with E-state index < -0.39 is 0 Å². The van der Waals surface area contributed by atoms with E-state index in [0.29, 0.717) is 30.4 Å². The van der Waals surface area contributed by atoms with Crippen LogP contribution in [-0.4, -0.2) is 22.8 Å². The Morgan fingerprint density at radius 2 is 1.85 bits per heavy atom. The van der Waals surface area contributed by atoms with Crippen molar-refractivity contribution in [3.8, 4) is 17.1 Å². The van der Waals surface area contributed by atoms with Crippen LogP contribution in [0.1, 0.15) is 18.1 Å². The lowest BCUT2D eigenvalue weighted by Crippen LogP contribution is -2.28. The Bertz CT molecular complexity index is 893. The van der Waals surface area contributed by atoms with Gasteiger partial charge in [0.2, 0.25) is 5.88 Å². The van der Waals surface area contributed by atoms with E-state index in [-0.39, 0.29) is 6.03 Å². The Hall–Kier alpha value is -3.41. The maximum atomic E-state index is 12.2. The molecule has 2 amide bonds. The number of carbonyl (C=O) groups excluding carboxylic acids is 1. The lowest BCUT2D eigenvalue weighted by atomic mass is 10.1. The number of anilines is 1. The molecule has 0 aliphatic carbocycles. The second kappa shape index (κ2) is 8.80. The SMILES string of the molecule is CCOc1ccc(-c2cccc(NC(=O)NCc3ccc(C)cc3)c2)nn1. The zero-order valence-corrected chi connectivity index (χ0v) is 15.4. The minimum atomic E-state index is -0.259. The number of hydrogen-bond donors (Lipinski definition) is 2. The van der Waals surface area contributed by atoms with Gasteiger partial charge in [-0.05, 0) is 37.6 Å². The minimum Gasteiger partial charge on any atom is -0.477 e. The van der Waals surface area contributed by atoms with Gasteiger partial charge in [-0.25, -0.2) is 4.79 Å². The average Bonchev–Trinajstić information content (AvgIpc) is 2.69. The number of aryl methyl sites for hydroxylation is 1. The van der Waals surface area contributed by atoms with E-state index >= 15 is 0 Å². The minimum absolute atomic E-state index is 0.259. The molecule has 0 spiro atoms. The summed E-state index contributed by atoms with van der Waals surface area (Å²) in [5, 5.41) is 13.9. The topological polar surface area (TPSA) is 76.1 Å². The first-order valence-electron chi connectivity index (χ1n) is 8.81. The van der Waals surface area contributed by atoms with E-state index in [9.17, 15) is 4.79 Å². The Labute approximate surface area is 158 Å². The molecule has 0 radical (unpaired) electrons. The molecular weight excluding hydrogens is 340 g/mol. The van der Waals surface area contributed by atoms with E-state index in [1.165, 1.54) is 5.56 Å². The van der Waals surface area contributed by atoms with Crippen LogP contribution in [0.15, 0.2) is 60.7 Å². The van der Waals surface area contributed by atoms with Gasteiger partial charge in [-0.3, -0.25) is 0 Å². The molecule has 6 nitrogen and oxygen atoms in total. The number of ether oxygens (including phenoxy) is 1. The fraction of sp³-hybridized carbons (Fsp3) is 0.190. The summed E-state index contributed by atoms with van der Waals surface area (Å²) in [6, 6.07) is 18.9. The van der Waals surface area contributed by atoms with Gasteiger partial charge in [-0.15, -0.1) is 10.2 Å². The molecule has 1 aromatic heterocycles. The quantitative estimate of drug-likeness (QED) is 0.690. The van der Waals surface area contributed by atoms with Gasteiger partial charge in [-0.1, -0.05) is 42.0 Å². The maximum Gasteiger partial charge on any atom is 0.319 e. The molecule has 2 N–H and O–H groups in total. The second-order valence-electron chi connectivity index (χ2n) is 6.06. The molecular formula is C21H22N4O2. The van der Waals surface area contributed by atoms with E-state index in [0.717, 1.165) is 11.1 Å². The molecule has 27 heavy (non-hydrogen) atoms. The Morgan fingerprint density at radius 1 is 1.04 bits per heavy atom. The summed E-state index contributed by atoms with van der Waals surface area (Å²) < 4.78 is 5.30. The number of hydrogen-bond acceptors (Lipinski definition) is 4. The lowest BCUT2D eigenvalue weighted by molar-refractivity contribution is 0.251. The molecule has 0 fully saturated rings. The Balaban J connectivity index is 1.61. The summed E-state index contributed by atoms with van der Waals surface area (Å²) >= 11 is 0. The van der Waals surface area contributed by atoms with Gasteiger partial charge in [0.1, 0.15) is 0 Å². The highest BCUT2D eigenvalue weighted by Gasteiger charge is 2.06. The predicted molar refractivity (Wildman–Crippen MR) is 106 cm³/mol. The number of aromatic nitrogens is 2. The molecule has 3 rings (SSSR count). The summed E-state index contributed by atoms with van der Waals surface area (Å²) in [6.45, 7) is 4.95. The Kier molecular flexibility index (Phi) is 5.99. The molecule has 0 atom stereocenters. The zero-order chi connectivity index (χ0) is 19.1. The van der Waals surface area contributed by atoms with Crippen molar-refractivity contribution >= 4 is 11.7 Å². The summed E-state index contributed by atoms with van der Waals surface area (Å²) in [5.74, 6) is 0.492. The first-order valence-corrected chi connectivity index (χ1v) is 8.81. The molecule has 138 valence electrons. The average molecular weight is 362 g/mol. The third-order valence-electron chi connectivity index (χ3n) is 3.92. The molecule has 6 heteroatoms. The summed E-state index contributed by atoms with van der Waals surface area (Å²) in [4.78, 5) is 12.2. The van der Waals surface area contributed by atoms with Crippen LogP contribution in [0, 0.1) is 6.92 Å². The van der Waals surface area contributed by atoms with E-state index in [1.807, 2.05) is 68.4 Å². The highest BCUT2D eigenvalue weighted by atomic mass is 16.5. The van der Waals surface area contributed by atoms with Gasteiger partial charge in [0.15, 0.2) is 0 Å². The first kappa shape index (κ1) is 18.4. The summed E-state index contributed by atoms with van der Waals surface area (Å²) in [5.41, 5.74) is 4.50. The van der Waals surface area contributed by atoms with Crippen molar-refractivity contribution in [2.75, 3.05) is 11.9 Å². The molecule has 0 bridgehead atoms. The standard InChI is InChI=1S/C21H22N4O2/c1-3-27-20-12-11-19(24-25-20)17-5-4-6-18(13-17)23-21(26)22-14-16-9-7-15(2)8-10-16/h4-13H,3,14H2,1-2H3,(H2,22,23,26). The van der Waals surface area contributed by atoms with Crippen molar-refractivity contribution < 1.29 is 9.53 Å². The third kappa shape index (κ3) is 5.28. The molecule has 1 heterocycles. The van der Waals surface area contributed by atoms with Gasteiger partial charge in [0.05, 0.1) is 12.3 Å². The van der Waals surface area contributed by atoms with E-state index in [1.54, 1.807) is 6.07 Å². The predicted octanol–water partition coefficient (Wildman–Crippen LogP) is 4.17. The van der Waals surface area contributed by atoms with Crippen LogP contribution in [0.2, 0.25) is 0 Å². The van der Waals surface area contributed by atoms with Crippen LogP contribution >= 0.6 is 0 Å². The number of carbonyl (C=O) groups is 1. The van der Waals surface area contributed by atoms with Crippen molar-refractivity contribution in [3.63, 3.8) is 0 Å². The fourth-order valence-corrected chi connectivity index (χ4v) is 2.52. The second-order valence-corrected chi connectivity index (χ2v) is 6.06. The van der Waals surface area contributed by atoms with Gasteiger partial charge < -0.3 is 15.4 Å². The van der Waals surface area contributed by atoms with Crippen LogP contribution < -0.4 is 15.4 Å². The number of urea groups is 1. The number of nitrogens with one attached hydrogen (secondary N) is 2. The molecule has 0 aliphatic rings. The molecule has 0 saturated carbocycles. The molecule has 3 aromatic rings. The molecule has 2 aromatic carbocycles. The Morgan fingerprint density at radius 3 is 2.56 bits per heavy atom. The van der Waals surface area contributed by atoms with Gasteiger partial charge in [0, 0.05) is 23.9 Å². The molecule has 0 saturated heterocycles. The van der Waals surface area contributed by atoms with Crippen molar-refractivity contribution in [1.29, 1.82) is 0 Å². The van der Waals surface area contributed by atoms with Crippen LogP contribution in [0.5, 0.6) is 5.88 Å². The normalized spacial score (nSPS) is 10.3. The van der Waals surface area contributed by atoms with Gasteiger partial charge in [0.25, 0.3) is 0 Å². The smallest absolute Gasteiger partial charge is 0.319 e. The van der Waals surface area contributed by atoms with Gasteiger partial charge >= 0.3 is 6.03 Å². The highest BCUT2D eigenvalue weighted by molar-refractivity contribution is 5.90. The van der Waals surface area contributed by atoms with Crippen molar-refractivity contribution in [3.05, 3.63) is 71.8 Å². The van der Waals surface area contributed by atoms with E-state index in [2.05, 4.69) is 20.8 Å². The number of benzene rings is 2. The number of nitrogens with zero attached hydrogens (tertiary/aromatic N) is 2. The van der Waals surface area contributed by atoms with Crippen LogP contribution in [-0.2, 0) is 6.54 Å². The van der Waals surface area contributed by atoms with Crippen LogP contribution in [0.4, 0.5) is 10.5 Å². The largest absolute Gasteiger partial charge is 0.477 e. The lowest BCUT2D eigenvalue weighted by Gasteiger charge is -2.09. The monoisotopic (exact) mass is 362 g/mol. The van der Waals surface area contributed by atoms with Crippen LogP contribution in [0.3, 0.4) is 0 Å². The third-order valence-corrected chi connectivity index (χ3v) is 3.92. The number of amides is 2. The molecule has 0 unspecified atom stereocenters. The molecule has 0 aliphatic heterocycles. The summed E-state index contributed by atoms with van der Waals surface area (Å²) in [6.07, 6.45) is 0. The zero-order valence-electron chi connectivity index (χ0n) is 15.4. The fourth-order valence-electron chi connectivity index (χ4n) is 2.52. The van der Waals surface area contributed by atoms with Crippen LogP contribution in [0.25, 0.3) is 11.3 Å². The highest BCUT2D eigenvalue weighted by Crippen LogP contribution is 2.21. The van der Waals surface area contributed by atoms with Crippen molar-refractivity contribution in [2.45, 2.75) is 20.4 Å². The summed E-state index contributed by atoms with van der Waals surface area (Å²) in [7, 11) is 0. The first-order chi connectivity index (χ1) is 13.1. The maximum absolute atomic E-state index is 12.2. The van der Waals surface area contributed by atoms with Crippen molar-refractivity contribution in [2.24, 2.45) is 0 Å². The van der Waals surface area contributed by atoms with E-state index in [4.69, 9.17) is 4.74 Å².